The number of nitrogens with zero attached hydrogens (tertiary/aromatic N) is 1. The van der Waals surface area contributed by atoms with Crippen LogP contribution in [0, 0.1) is 6.92 Å². The van der Waals surface area contributed by atoms with Crippen molar-refractivity contribution in [2.45, 2.75) is 6.92 Å². The van der Waals surface area contributed by atoms with E-state index in [4.69, 9.17) is 0 Å². The van der Waals surface area contributed by atoms with E-state index in [0.717, 1.165) is 10.6 Å². The molecule has 2 amide bonds. The van der Waals surface area contributed by atoms with E-state index in [1.165, 1.54) is 11.3 Å². The first-order valence-electron chi connectivity index (χ1n) is 6.92. The molecule has 6 nitrogen and oxygen atoms in total. The third-order valence-corrected chi connectivity index (χ3v) is 4.36. The molecule has 7 heteroatoms. The van der Waals surface area contributed by atoms with E-state index in [0.29, 0.717) is 16.3 Å². The average Bonchev–Trinajstić information content (AvgIpc) is 3.23. The van der Waals surface area contributed by atoms with Gasteiger partial charge in [-0.3, -0.25) is 20.4 Å². The van der Waals surface area contributed by atoms with Crippen molar-refractivity contribution in [1.82, 2.24) is 20.8 Å². The number of hydrogen-bond acceptors (Lipinski definition) is 4. The molecular formula is C16H14N4O2S. The Hall–Kier alpha value is -2.93. The molecule has 0 aliphatic carbocycles. The van der Waals surface area contributed by atoms with Crippen LogP contribution in [0.4, 0.5) is 0 Å². The number of benzene rings is 1. The average molecular weight is 326 g/mol. The van der Waals surface area contributed by atoms with Crippen LogP contribution in [-0.2, 0) is 0 Å². The molecule has 2 heterocycles. The first-order chi connectivity index (χ1) is 11.1. The largest absolute Gasteiger partial charge is 0.357 e. The Labute approximate surface area is 136 Å². The summed E-state index contributed by atoms with van der Waals surface area (Å²) in [6.07, 6.45) is 1.64. The van der Waals surface area contributed by atoms with Gasteiger partial charge >= 0.3 is 0 Å². The maximum Gasteiger partial charge on any atom is 0.286 e. The van der Waals surface area contributed by atoms with Gasteiger partial charge in [0.15, 0.2) is 0 Å². The maximum atomic E-state index is 12.2. The summed E-state index contributed by atoms with van der Waals surface area (Å²) in [4.78, 5) is 31.7. The Kier molecular flexibility index (Phi) is 4.20. The summed E-state index contributed by atoms with van der Waals surface area (Å²) in [7, 11) is 0. The van der Waals surface area contributed by atoms with E-state index >= 15 is 0 Å². The Bertz CT molecular complexity index is 825. The molecule has 3 rings (SSSR count). The molecule has 0 unspecified atom stereocenters. The van der Waals surface area contributed by atoms with E-state index in [2.05, 4.69) is 20.8 Å². The number of H-pyrrole nitrogens is 1. The van der Waals surface area contributed by atoms with Crippen LogP contribution in [-0.4, -0.2) is 21.8 Å². The Morgan fingerprint density at radius 1 is 1.04 bits per heavy atom. The molecule has 0 saturated heterocycles. The Balaban J connectivity index is 1.70. The zero-order valence-corrected chi connectivity index (χ0v) is 13.1. The molecule has 0 atom stereocenters. The molecule has 0 aliphatic rings. The lowest BCUT2D eigenvalue weighted by atomic mass is 10.2. The fraction of sp³-hybridized carbons (Fsp3) is 0.0625. The highest BCUT2D eigenvalue weighted by molar-refractivity contribution is 7.17. The standard InChI is InChI=1S/C16H14N4O2S/c1-10-13(23-16(18-10)11-6-3-2-4-7-11)15(22)20-19-14(21)12-8-5-9-17-12/h2-9,17H,1H3,(H,19,21)(H,20,22). The normalized spacial score (nSPS) is 10.3. The van der Waals surface area contributed by atoms with Crippen molar-refractivity contribution in [3.63, 3.8) is 0 Å². The number of aryl methyl sites for hydroxylation is 1. The number of thiazole rings is 1. The first-order valence-corrected chi connectivity index (χ1v) is 7.73. The van der Waals surface area contributed by atoms with Crippen LogP contribution in [0.15, 0.2) is 48.7 Å². The lowest BCUT2D eigenvalue weighted by Crippen LogP contribution is -2.41. The second-order valence-corrected chi connectivity index (χ2v) is 5.79. The summed E-state index contributed by atoms with van der Waals surface area (Å²) in [6.45, 7) is 1.77. The molecule has 2 aromatic heterocycles. The van der Waals surface area contributed by atoms with Crippen molar-refractivity contribution in [1.29, 1.82) is 0 Å². The number of aromatic nitrogens is 2. The van der Waals surface area contributed by atoms with Gasteiger partial charge in [-0.1, -0.05) is 30.3 Å². The number of aromatic amines is 1. The van der Waals surface area contributed by atoms with E-state index in [-0.39, 0.29) is 5.91 Å². The predicted octanol–water partition coefficient (Wildman–Crippen LogP) is 2.52. The summed E-state index contributed by atoms with van der Waals surface area (Å²) in [5.41, 5.74) is 6.72. The third-order valence-electron chi connectivity index (χ3n) is 3.16. The van der Waals surface area contributed by atoms with Crippen LogP contribution >= 0.6 is 11.3 Å². The van der Waals surface area contributed by atoms with Gasteiger partial charge < -0.3 is 4.98 Å². The molecule has 0 bridgehead atoms. The highest BCUT2D eigenvalue weighted by Gasteiger charge is 2.17. The lowest BCUT2D eigenvalue weighted by molar-refractivity contribution is 0.0846. The topological polar surface area (TPSA) is 86.9 Å². The first kappa shape index (κ1) is 15.0. The molecule has 0 aliphatic heterocycles. The summed E-state index contributed by atoms with van der Waals surface area (Å²) in [5, 5.41) is 0.768. The van der Waals surface area contributed by atoms with Gasteiger partial charge in [0.2, 0.25) is 0 Å². The molecule has 0 saturated carbocycles. The van der Waals surface area contributed by atoms with Crippen molar-refractivity contribution in [3.8, 4) is 10.6 Å². The fourth-order valence-corrected chi connectivity index (χ4v) is 2.99. The molecule has 3 N–H and O–H groups in total. The number of nitrogens with one attached hydrogen (secondary N) is 3. The maximum absolute atomic E-state index is 12.2. The summed E-state index contributed by atoms with van der Waals surface area (Å²) < 4.78 is 0. The number of hydrogen-bond donors (Lipinski definition) is 3. The van der Waals surface area contributed by atoms with Gasteiger partial charge in [0.1, 0.15) is 15.6 Å². The molecular weight excluding hydrogens is 312 g/mol. The number of rotatable bonds is 3. The van der Waals surface area contributed by atoms with E-state index in [1.54, 1.807) is 25.3 Å². The van der Waals surface area contributed by atoms with Crippen molar-refractivity contribution in [3.05, 3.63) is 64.9 Å². The number of carbonyl (C=O) groups excluding carboxylic acids is 2. The molecule has 0 radical (unpaired) electrons. The highest BCUT2D eigenvalue weighted by atomic mass is 32.1. The fourth-order valence-electron chi connectivity index (χ4n) is 2.02. The van der Waals surface area contributed by atoms with Gasteiger partial charge in [0.05, 0.1) is 5.69 Å². The van der Waals surface area contributed by atoms with E-state index in [9.17, 15) is 9.59 Å². The third kappa shape index (κ3) is 3.29. The van der Waals surface area contributed by atoms with Crippen molar-refractivity contribution in [2.75, 3.05) is 0 Å². The van der Waals surface area contributed by atoms with Gasteiger partial charge in [-0.2, -0.15) is 0 Å². The van der Waals surface area contributed by atoms with E-state index in [1.807, 2.05) is 30.3 Å². The second kappa shape index (κ2) is 6.45. The smallest absolute Gasteiger partial charge is 0.286 e. The number of carbonyl (C=O) groups is 2. The molecule has 0 spiro atoms. The van der Waals surface area contributed by atoms with Crippen molar-refractivity contribution >= 4 is 23.2 Å². The SMILES string of the molecule is Cc1nc(-c2ccccc2)sc1C(=O)NNC(=O)c1ccc[nH]1. The molecule has 0 fully saturated rings. The van der Waals surface area contributed by atoms with Gasteiger partial charge in [0.25, 0.3) is 11.8 Å². The van der Waals surface area contributed by atoms with Gasteiger partial charge in [-0.05, 0) is 19.1 Å². The monoisotopic (exact) mass is 326 g/mol. The minimum atomic E-state index is -0.409. The summed E-state index contributed by atoms with van der Waals surface area (Å²) in [6, 6.07) is 13.0. The molecule has 1 aromatic carbocycles. The number of amides is 2. The Morgan fingerprint density at radius 3 is 2.48 bits per heavy atom. The summed E-state index contributed by atoms with van der Waals surface area (Å²) in [5.74, 6) is -0.795. The van der Waals surface area contributed by atoms with E-state index < -0.39 is 5.91 Å². The second-order valence-electron chi connectivity index (χ2n) is 4.79. The zero-order chi connectivity index (χ0) is 16.2. The summed E-state index contributed by atoms with van der Waals surface area (Å²) >= 11 is 1.29. The van der Waals surface area contributed by atoms with Crippen LogP contribution in [0.2, 0.25) is 0 Å². The van der Waals surface area contributed by atoms with Crippen molar-refractivity contribution in [2.24, 2.45) is 0 Å². The van der Waals surface area contributed by atoms with Crippen molar-refractivity contribution < 1.29 is 9.59 Å². The van der Waals surface area contributed by atoms with Crippen LogP contribution in [0.3, 0.4) is 0 Å². The minimum Gasteiger partial charge on any atom is -0.357 e. The molecule has 23 heavy (non-hydrogen) atoms. The molecule has 116 valence electrons. The minimum absolute atomic E-state index is 0.372. The van der Waals surface area contributed by atoms with Crippen LogP contribution < -0.4 is 10.9 Å². The zero-order valence-electron chi connectivity index (χ0n) is 12.3. The van der Waals surface area contributed by atoms with Crippen LogP contribution in [0.1, 0.15) is 25.9 Å². The van der Waals surface area contributed by atoms with Gasteiger partial charge in [0, 0.05) is 11.8 Å². The Morgan fingerprint density at radius 2 is 1.78 bits per heavy atom. The highest BCUT2D eigenvalue weighted by Crippen LogP contribution is 2.27. The van der Waals surface area contributed by atoms with Gasteiger partial charge in [-0.15, -0.1) is 11.3 Å². The quantitative estimate of drug-likeness (QED) is 0.646. The predicted molar refractivity (Wildman–Crippen MR) is 88.0 cm³/mol. The number of hydrazine groups is 1. The lowest BCUT2D eigenvalue weighted by Gasteiger charge is -2.05. The van der Waals surface area contributed by atoms with Gasteiger partial charge in [-0.25, -0.2) is 4.98 Å². The molecule has 3 aromatic rings. The van der Waals surface area contributed by atoms with Crippen LogP contribution in [0.25, 0.3) is 10.6 Å². The van der Waals surface area contributed by atoms with Crippen LogP contribution in [0.5, 0.6) is 0 Å².